The molecule has 0 unspecified atom stereocenters. The third kappa shape index (κ3) is 4.86. The minimum absolute atomic E-state index is 0.118. The van der Waals surface area contributed by atoms with Crippen molar-refractivity contribution in [3.8, 4) is 5.75 Å². The predicted octanol–water partition coefficient (Wildman–Crippen LogP) is 3.32. The van der Waals surface area contributed by atoms with Crippen molar-refractivity contribution in [1.82, 2.24) is 9.21 Å². The second-order valence-corrected chi connectivity index (χ2v) is 11.9. The Morgan fingerprint density at radius 2 is 1.67 bits per heavy atom. The fourth-order valence-corrected chi connectivity index (χ4v) is 7.70. The summed E-state index contributed by atoms with van der Waals surface area (Å²) in [5, 5.41) is 0. The van der Waals surface area contributed by atoms with Crippen LogP contribution in [0.3, 0.4) is 0 Å². The highest BCUT2D eigenvalue weighted by Crippen LogP contribution is 2.45. The van der Waals surface area contributed by atoms with Gasteiger partial charge >= 0.3 is 5.97 Å². The number of ether oxygens (including phenoxy) is 1. The van der Waals surface area contributed by atoms with Gasteiger partial charge in [0.05, 0.1) is 15.0 Å². The number of nitrogens with zero attached hydrogens (tertiary/aromatic N) is 2. The van der Waals surface area contributed by atoms with Gasteiger partial charge in [0.2, 0.25) is 10.0 Å². The van der Waals surface area contributed by atoms with Crippen LogP contribution in [0.25, 0.3) is 0 Å². The largest absolute Gasteiger partial charge is 0.423 e. The zero-order valence-electron chi connectivity index (χ0n) is 16.7. The summed E-state index contributed by atoms with van der Waals surface area (Å²) in [5.41, 5.74) is 1.43. The fourth-order valence-electron chi connectivity index (χ4n) is 3.37. The van der Waals surface area contributed by atoms with E-state index < -0.39 is 16.0 Å². The number of sulfonamides is 1. The number of hydrogen-bond acceptors (Lipinski definition) is 7. The number of carbonyl (C=O) groups is 1. The Labute approximate surface area is 186 Å². The van der Waals surface area contributed by atoms with E-state index in [0.717, 1.165) is 11.5 Å². The first-order valence-electron chi connectivity index (χ1n) is 9.77. The summed E-state index contributed by atoms with van der Waals surface area (Å²) in [5.74, 6) is 2.19. The van der Waals surface area contributed by atoms with Crippen molar-refractivity contribution >= 4 is 39.5 Å². The first kappa shape index (κ1) is 21.7. The number of rotatable bonds is 5. The molecule has 160 valence electrons. The van der Waals surface area contributed by atoms with E-state index in [0.29, 0.717) is 36.5 Å². The molecule has 2 heterocycles. The molecule has 0 bridgehead atoms. The van der Waals surface area contributed by atoms with Crippen LogP contribution in [0, 0.1) is 0 Å². The molecule has 0 N–H and O–H groups in total. The molecule has 0 radical (unpaired) electrons. The van der Waals surface area contributed by atoms with Gasteiger partial charge in [0.1, 0.15) is 5.75 Å². The zero-order chi connectivity index (χ0) is 21.1. The molecule has 30 heavy (non-hydrogen) atoms. The Balaban J connectivity index is 1.46. The maximum absolute atomic E-state index is 12.9. The molecule has 0 aromatic heterocycles. The zero-order valence-corrected chi connectivity index (χ0v) is 19.1. The van der Waals surface area contributed by atoms with Gasteiger partial charge < -0.3 is 9.64 Å². The van der Waals surface area contributed by atoms with Crippen molar-refractivity contribution in [3.63, 3.8) is 0 Å². The molecule has 4 rings (SSSR count). The monoisotopic (exact) mass is 464 g/mol. The Morgan fingerprint density at radius 3 is 2.33 bits per heavy atom. The SMILES string of the molecule is CN1CCN(S(=O)(=O)c2cccc(C(=O)Oc3ccc(C4SCCS4)cc3)c2)CC1. The van der Waals surface area contributed by atoms with E-state index in [1.165, 1.54) is 22.0 Å². The van der Waals surface area contributed by atoms with Gasteiger partial charge in [0.15, 0.2) is 0 Å². The third-order valence-corrected chi connectivity index (χ3v) is 10.2. The first-order valence-corrected chi connectivity index (χ1v) is 13.3. The van der Waals surface area contributed by atoms with E-state index in [-0.39, 0.29) is 10.5 Å². The molecule has 6 nitrogen and oxygen atoms in total. The summed E-state index contributed by atoms with van der Waals surface area (Å²) in [4.78, 5) is 14.8. The smallest absolute Gasteiger partial charge is 0.343 e. The molecular formula is C21H24N2O4S3. The van der Waals surface area contributed by atoms with Crippen LogP contribution in [0.1, 0.15) is 20.5 Å². The van der Waals surface area contributed by atoms with E-state index in [9.17, 15) is 13.2 Å². The Morgan fingerprint density at radius 1 is 1.00 bits per heavy atom. The minimum atomic E-state index is -3.64. The van der Waals surface area contributed by atoms with Gasteiger partial charge in [-0.3, -0.25) is 0 Å². The highest BCUT2D eigenvalue weighted by Gasteiger charge is 2.28. The lowest BCUT2D eigenvalue weighted by Crippen LogP contribution is -2.47. The topological polar surface area (TPSA) is 66.9 Å². The normalized spacial score (nSPS) is 19.1. The quantitative estimate of drug-likeness (QED) is 0.497. The highest BCUT2D eigenvalue weighted by atomic mass is 32.2. The second kappa shape index (κ2) is 9.32. The minimum Gasteiger partial charge on any atom is -0.423 e. The molecule has 2 aromatic carbocycles. The number of thioether (sulfide) groups is 2. The lowest BCUT2D eigenvalue weighted by Gasteiger charge is -2.31. The summed E-state index contributed by atoms with van der Waals surface area (Å²) in [6.07, 6.45) is 0. The maximum atomic E-state index is 12.9. The fraction of sp³-hybridized carbons (Fsp3) is 0.381. The predicted molar refractivity (Wildman–Crippen MR) is 122 cm³/mol. The molecule has 0 saturated carbocycles. The van der Waals surface area contributed by atoms with Crippen LogP contribution in [0.5, 0.6) is 5.75 Å². The van der Waals surface area contributed by atoms with E-state index in [1.807, 2.05) is 42.7 Å². The molecule has 0 aliphatic carbocycles. The van der Waals surface area contributed by atoms with Crippen LogP contribution < -0.4 is 4.74 Å². The number of benzene rings is 2. The van der Waals surface area contributed by atoms with E-state index >= 15 is 0 Å². The molecule has 0 atom stereocenters. The molecule has 0 amide bonds. The van der Waals surface area contributed by atoms with Crippen molar-refractivity contribution in [3.05, 3.63) is 59.7 Å². The summed E-state index contributed by atoms with van der Waals surface area (Å²) in [6, 6.07) is 13.6. The molecule has 2 aliphatic rings. The molecule has 2 aromatic rings. The van der Waals surface area contributed by atoms with Crippen molar-refractivity contribution in [2.24, 2.45) is 0 Å². The molecule has 9 heteroatoms. The summed E-state index contributed by atoms with van der Waals surface area (Å²) < 4.78 is 33.3. The lowest BCUT2D eigenvalue weighted by atomic mass is 10.2. The van der Waals surface area contributed by atoms with Crippen LogP contribution in [0.4, 0.5) is 0 Å². The summed E-state index contributed by atoms with van der Waals surface area (Å²) in [6.45, 7) is 2.26. The number of esters is 1. The van der Waals surface area contributed by atoms with Crippen molar-refractivity contribution in [2.45, 2.75) is 9.48 Å². The Bertz CT molecular complexity index is 997. The summed E-state index contributed by atoms with van der Waals surface area (Å²) >= 11 is 3.84. The average Bonchev–Trinajstić information content (AvgIpc) is 3.30. The van der Waals surface area contributed by atoms with Crippen LogP contribution in [-0.4, -0.2) is 68.3 Å². The average molecular weight is 465 g/mol. The van der Waals surface area contributed by atoms with Crippen molar-refractivity contribution in [2.75, 3.05) is 44.7 Å². The van der Waals surface area contributed by atoms with Crippen LogP contribution >= 0.6 is 23.5 Å². The van der Waals surface area contributed by atoms with Crippen LogP contribution in [0.2, 0.25) is 0 Å². The molecule has 2 fully saturated rings. The van der Waals surface area contributed by atoms with Gasteiger partial charge in [-0.2, -0.15) is 4.31 Å². The number of carbonyl (C=O) groups excluding carboxylic acids is 1. The number of likely N-dealkylation sites (N-methyl/N-ethyl adjacent to an activating group) is 1. The third-order valence-electron chi connectivity index (χ3n) is 5.15. The van der Waals surface area contributed by atoms with Gasteiger partial charge in [-0.1, -0.05) is 18.2 Å². The van der Waals surface area contributed by atoms with Gasteiger partial charge in [0, 0.05) is 37.7 Å². The van der Waals surface area contributed by atoms with E-state index in [4.69, 9.17) is 4.74 Å². The Kier molecular flexibility index (Phi) is 6.74. The number of piperazine rings is 1. The van der Waals surface area contributed by atoms with Gasteiger partial charge in [0.25, 0.3) is 0 Å². The lowest BCUT2D eigenvalue weighted by molar-refractivity contribution is 0.0734. The summed E-state index contributed by atoms with van der Waals surface area (Å²) in [7, 11) is -1.66. The van der Waals surface area contributed by atoms with Crippen molar-refractivity contribution in [1.29, 1.82) is 0 Å². The van der Waals surface area contributed by atoms with Crippen LogP contribution in [0.15, 0.2) is 53.4 Å². The standard InChI is InChI=1S/C21H24N2O4S3/c1-22-9-11-23(12-10-22)30(25,26)19-4-2-3-17(15-19)20(24)27-18-7-5-16(6-8-18)21-28-13-14-29-21/h2-8,15,21H,9-14H2,1H3. The van der Waals surface area contributed by atoms with Gasteiger partial charge in [-0.05, 0) is 42.9 Å². The van der Waals surface area contributed by atoms with Crippen LogP contribution in [-0.2, 0) is 10.0 Å². The van der Waals surface area contributed by atoms with Gasteiger partial charge in [-0.25, -0.2) is 13.2 Å². The first-order chi connectivity index (χ1) is 14.4. The number of hydrogen-bond donors (Lipinski definition) is 0. The molecule has 2 saturated heterocycles. The molecular weight excluding hydrogens is 440 g/mol. The van der Waals surface area contributed by atoms with E-state index in [1.54, 1.807) is 24.3 Å². The highest BCUT2D eigenvalue weighted by molar-refractivity contribution is 8.19. The molecule has 2 aliphatic heterocycles. The van der Waals surface area contributed by atoms with Gasteiger partial charge in [-0.15, -0.1) is 23.5 Å². The van der Waals surface area contributed by atoms with Crippen molar-refractivity contribution < 1.29 is 17.9 Å². The second-order valence-electron chi connectivity index (χ2n) is 7.27. The maximum Gasteiger partial charge on any atom is 0.343 e. The molecule has 0 spiro atoms. The van der Waals surface area contributed by atoms with E-state index in [2.05, 4.69) is 4.90 Å². The Hall–Kier alpha value is -1.52.